The lowest BCUT2D eigenvalue weighted by molar-refractivity contribution is -0.139. The molecular formula is C12H12FNO3. The summed E-state index contributed by atoms with van der Waals surface area (Å²) < 4.78 is 13.4. The standard InChI is InChI=1S/C12H12FNO3/c1-14(10-5-3-2-4-9(10)13)11(15)7-6-8(7)12(16)17/h2-5,7-8H,6H2,1H3,(H,16,17). The molecule has 90 valence electrons. The van der Waals surface area contributed by atoms with E-state index in [0.717, 1.165) is 0 Å². The smallest absolute Gasteiger partial charge is 0.307 e. The highest BCUT2D eigenvalue weighted by molar-refractivity contribution is 5.99. The van der Waals surface area contributed by atoms with Crippen molar-refractivity contribution in [3.63, 3.8) is 0 Å². The van der Waals surface area contributed by atoms with E-state index in [1.54, 1.807) is 6.07 Å². The van der Waals surface area contributed by atoms with E-state index in [4.69, 9.17) is 5.11 Å². The highest BCUT2D eigenvalue weighted by atomic mass is 19.1. The average Bonchev–Trinajstić information content (AvgIpc) is 3.08. The van der Waals surface area contributed by atoms with Crippen molar-refractivity contribution < 1.29 is 19.1 Å². The number of benzene rings is 1. The summed E-state index contributed by atoms with van der Waals surface area (Å²) in [6.45, 7) is 0. The second-order valence-electron chi connectivity index (χ2n) is 4.14. The van der Waals surface area contributed by atoms with Gasteiger partial charge in [-0.1, -0.05) is 12.1 Å². The number of carboxylic acids is 1. The van der Waals surface area contributed by atoms with Crippen molar-refractivity contribution in [3.8, 4) is 0 Å². The zero-order valence-corrected chi connectivity index (χ0v) is 9.26. The van der Waals surface area contributed by atoms with Gasteiger partial charge in [-0.05, 0) is 18.6 Å². The number of halogens is 1. The number of anilines is 1. The molecule has 0 spiro atoms. The maximum absolute atomic E-state index is 13.4. The van der Waals surface area contributed by atoms with Gasteiger partial charge in [0.25, 0.3) is 0 Å². The van der Waals surface area contributed by atoms with Crippen molar-refractivity contribution in [2.24, 2.45) is 11.8 Å². The van der Waals surface area contributed by atoms with Gasteiger partial charge >= 0.3 is 5.97 Å². The van der Waals surface area contributed by atoms with Gasteiger partial charge in [0, 0.05) is 7.05 Å². The molecule has 1 saturated carbocycles. The monoisotopic (exact) mass is 237 g/mol. The van der Waals surface area contributed by atoms with Crippen LogP contribution in [0.3, 0.4) is 0 Å². The van der Waals surface area contributed by atoms with Crippen LogP contribution in [0, 0.1) is 17.7 Å². The molecule has 1 amide bonds. The molecule has 0 saturated heterocycles. The fourth-order valence-corrected chi connectivity index (χ4v) is 1.83. The van der Waals surface area contributed by atoms with Crippen LogP contribution in [0.25, 0.3) is 0 Å². The lowest BCUT2D eigenvalue weighted by Crippen LogP contribution is -2.29. The molecule has 0 bridgehead atoms. The van der Waals surface area contributed by atoms with Crippen LogP contribution in [0.2, 0.25) is 0 Å². The molecule has 0 aromatic heterocycles. The van der Waals surface area contributed by atoms with E-state index in [9.17, 15) is 14.0 Å². The van der Waals surface area contributed by atoms with Crippen molar-refractivity contribution in [3.05, 3.63) is 30.1 Å². The average molecular weight is 237 g/mol. The Labute approximate surface area is 97.7 Å². The predicted octanol–water partition coefficient (Wildman–Crippen LogP) is 1.51. The largest absolute Gasteiger partial charge is 0.481 e. The third-order valence-corrected chi connectivity index (χ3v) is 2.97. The molecule has 5 heteroatoms. The second kappa shape index (κ2) is 4.16. The lowest BCUT2D eigenvalue weighted by Gasteiger charge is -2.17. The molecular weight excluding hydrogens is 225 g/mol. The molecule has 17 heavy (non-hydrogen) atoms. The third kappa shape index (κ3) is 2.13. The van der Waals surface area contributed by atoms with Crippen LogP contribution in [0.4, 0.5) is 10.1 Å². The summed E-state index contributed by atoms with van der Waals surface area (Å²) in [5, 5.41) is 8.73. The van der Waals surface area contributed by atoms with E-state index in [0.29, 0.717) is 6.42 Å². The minimum absolute atomic E-state index is 0.175. The van der Waals surface area contributed by atoms with E-state index in [2.05, 4.69) is 0 Å². The van der Waals surface area contributed by atoms with Gasteiger partial charge < -0.3 is 10.0 Å². The summed E-state index contributed by atoms with van der Waals surface area (Å²) in [7, 11) is 1.46. The quantitative estimate of drug-likeness (QED) is 0.866. The van der Waals surface area contributed by atoms with Crippen LogP contribution in [0.15, 0.2) is 24.3 Å². The number of carboxylic acid groups (broad SMARTS) is 1. The van der Waals surface area contributed by atoms with Gasteiger partial charge in [-0.2, -0.15) is 0 Å². The Hall–Kier alpha value is -1.91. The maximum Gasteiger partial charge on any atom is 0.307 e. The van der Waals surface area contributed by atoms with Crippen molar-refractivity contribution >= 4 is 17.6 Å². The Bertz CT molecular complexity index is 475. The first-order valence-electron chi connectivity index (χ1n) is 5.27. The predicted molar refractivity (Wildman–Crippen MR) is 59.0 cm³/mol. The summed E-state index contributed by atoms with van der Waals surface area (Å²) in [6.07, 6.45) is 0.340. The number of nitrogens with zero attached hydrogens (tertiary/aromatic N) is 1. The van der Waals surface area contributed by atoms with E-state index in [1.165, 1.54) is 30.1 Å². The number of amides is 1. The van der Waals surface area contributed by atoms with Gasteiger partial charge in [-0.25, -0.2) is 4.39 Å². The Morgan fingerprint density at radius 2 is 2.00 bits per heavy atom. The number of carbonyl (C=O) groups is 2. The van der Waals surface area contributed by atoms with Gasteiger partial charge in [0.05, 0.1) is 17.5 Å². The summed E-state index contributed by atoms with van der Waals surface area (Å²) in [5.41, 5.74) is 0.175. The molecule has 0 radical (unpaired) electrons. The van der Waals surface area contributed by atoms with E-state index in [-0.39, 0.29) is 11.6 Å². The fourth-order valence-electron chi connectivity index (χ4n) is 1.83. The van der Waals surface area contributed by atoms with Gasteiger partial charge in [-0.3, -0.25) is 9.59 Å². The van der Waals surface area contributed by atoms with Gasteiger partial charge in [0.1, 0.15) is 5.82 Å². The molecule has 0 heterocycles. The minimum atomic E-state index is -0.967. The number of para-hydroxylation sites is 1. The molecule has 2 rings (SSSR count). The van der Waals surface area contributed by atoms with E-state index >= 15 is 0 Å². The maximum atomic E-state index is 13.4. The van der Waals surface area contributed by atoms with Crippen LogP contribution in [0.1, 0.15) is 6.42 Å². The Balaban J connectivity index is 2.12. The normalized spacial score (nSPS) is 22.0. The number of hydrogen-bond acceptors (Lipinski definition) is 2. The molecule has 2 atom stereocenters. The summed E-state index contributed by atoms with van der Waals surface area (Å²) in [5.74, 6) is -2.93. The Morgan fingerprint density at radius 3 is 2.53 bits per heavy atom. The summed E-state index contributed by atoms with van der Waals surface area (Å²) in [4.78, 5) is 23.7. The molecule has 1 aliphatic carbocycles. The summed E-state index contributed by atoms with van der Waals surface area (Å²) in [6, 6.07) is 5.92. The molecule has 2 unspecified atom stereocenters. The van der Waals surface area contributed by atoms with Crippen LogP contribution in [0.5, 0.6) is 0 Å². The van der Waals surface area contributed by atoms with Crippen molar-refractivity contribution in [2.45, 2.75) is 6.42 Å². The molecule has 1 aliphatic rings. The number of aliphatic carboxylic acids is 1. The molecule has 1 fully saturated rings. The van der Waals surface area contributed by atoms with Crippen molar-refractivity contribution in [1.82, 2.24) is 0 Å². The fraction of sp³-hybridized carbons (Fsp3) is 0.333. The topological polar surface area (TPSA) is 57.6 Å². The van der Waals surface area contributed by atoms with Crippen LogP contribution < -0.4 is 4.90 Å². The third-order valence-electron chi connectivity index (χ3n) is 2.97. The molecule has 0 aliphatic heterocycles. The number of carbonyl (C=O) groups excluding carboxylic acids is 1. The van der Waals surface area contributed by atoms with Gasteiger partial charge in [0.15, 0.2) is 0 Å². The van der Waals surface area contributed by atoms with Crippen LogP contribution in [-0.2, 0) is 9.59 Å². The van der Waals surface area contributed by atoms with E-state index in [1.807, 2.05) is 0 Å². The van der Waals surface area contributed by atoms with E-state index < -0.39 is 23.6 Å². The van der Waals surface area contributed by atoms with Gasteiger partial charge in [-0.15, -0.1) is 0 Å². The Kier molecular flexibility index (Phi) is 2.83. The van der Waals surface area contributed by atoms with Crippen LogP contribution in [-0.4, -0.2) is 24.0 Å². The zero-order chi connectivity index (χ0) is 12.6. The lowest BCUT2D eigenvalue weighted by atomic mass is 10.2. The van der Waals surface area contributed by atoms with Crippen LogP contribution >= 0.6 is 0 Å². The summed E-state index contributed by atoms with van der Waals surface area (Å²) >= 11 is 0. The number of rotatable bonds is 3. The van der Waals surface area contributed by atoms with Gasteiger partial charge in [0.2, 0.25) is 5.91 Å². The SMILES string of the molecule is CN(C(=O)C1CC1C(=O)O)c1ccccc1F. The first-order chi connectivity index (χ1) is 8.02. The molecule has 4 nitrogen and oxygen atoms in total. The first kappa shape index (κ1) is 11.6. The minimum Gasteiger partial charge on any atom is -0.481 e. The number of hydrogen-bond donors (Lipinski definition) is 1. The molecule has 1 N–H and O–H groups in total. The highest BCUT2D eigenvalue weighted by Crippen LogP contribution is 2.40. The highest BCUT2D eigenvalue weighted by Gasteiger charge is 2.49. The Morgan fingerprint density at radius 1 is 1.35 bits per heavy atom. The molecule has 1 aromatic carbocycles. The second-order valence-corrected chi connectivity index (χ2v) is 4.14. The van der Waals surface area contributed by atoms with Crippen molar-refractivity contribution in [1.29, 1.82) is 0 Å². The van der Waals surface area contributed by atoms with Crippen molar-refractivity contribution in [2.75, 3.05) is 11.9 Å². The first-order valence-corrected chi connectivity index (χ1v) is 5.27. The zero-order valence-electron chi connectivity index (χ0n) is 9.26. The molecule has 1 aromatic rings.